The van der Waals surface area contributed by atoms with Crippen LogP contribution >= 0.6 is 0 Å². The number of aliphatic hydroxyl groups is 1. The van der Waals surface area contributed by atoms with E-state index < -0.39 is 109 Å². The Kier molecular flexibility index (Phi) is 17.9. The van der Waals surface area contributed by atoms with Crippen LogP contribution in [0.15, 0.2) is 0 Å². The van der Waals surface area contributed by atoms with Crippen LogP contribution in [-0.2, 0) is 38.4 Å². The van der Waals surface area contributed by atoms with Crippen LogP contribution in [0.3, 0.4) is 0 Å². The molecule has 12 N–H and O–H groups in total. The molecule has 0 aliphatic rings. The average molecular weight is 646 g/mol. The minimum absolute atomic E-state index is 0.0540. The first-order valence-electron chi connectivity index (χ1n) is 14.4. The Balaban J connectivity index is 5.68. The molecule has 256 valence electrons. The molecular formula is C27H47N7O11. The van der Waals surface area contributed by atoms with Gasteiger partial charge in [-0.25, -0.2) is 4.79 Å². The topological polar surface area (TPSA) is 309 Å². The maximum absolute atomic E-state index is 13.1. The minimum atomic E-state index is -1.55. The van der Waals surface area contributed by atoms with Gasteiger partial charge in [-0.2, -0.15) is 0 Å². The van der Waals surface area contributed by atoms with E-state index in [2.05, 4.69) is 26.6 Å². The van der Waals surface area contributed by atoms with Crippen molar-refractivity contribution in [1.29, 1.82) is 0 Å². The minimum Gasteiger partial charge on any atom is -0.481 e. The number of carboxylic acids is 2. The van der Waals surface area contributed by atoms with E-state index in [4.69, 9.17) is 21.7 Å². The fraction of sp³-hybridized carbons (Fsp3) is 0.704. The third kappa shape index (κ3) is 15.8. The number of nitrogens with one attached hydrogen (secondary N) is 5. The monoisotopic (exact) mass is 645 g/mol. The van der Waals surface area contributed by atoms with E-state index in [1.165, 1.54) is 6.92 Å². The summed E-state index contributed by atoms with van der Waals surface area (Å²) in [5, 5.41) is 39.4. The summed E-state index contributed by atoms with van der Waals surface area (Å²) in [6.45, 7) is 7.47. The third-order valence-corrected chi connectivity index (χ3v) is 6.45. The number of rotatable bonds is 21. The van der Waals surface area contributed by atoms with E-state index in [1.54, 1.807) is 27.7 Å². The molecule has 0 unspecified atom stereocenters. The predicted molar refractivity (Wildman–Crippen MR) is 158 cm³/mol. The normalized spacial score (nSPS) is 15.0. The highest BCUT2D eigenvalue weighted by Crippen LogP contribution is 2.09. The van der Waals surface area contributed by atoms with E-state index >= 15 is 0 Å². The molecule has 0 spiro atoms. The van der Waals surface area contributed by atoms with Crippen molar-refractivity contribution in [3.63, 3.8) is 0 Å². The quantitative estimate of drug-likeness (QED) is 0.0586. The van der Waals surface area contributed by atoms with Crippen LogP contribution in [0, 0.1) is 11.8 Å². The van der Waals surface area contributed by atoms with Gasteiger partial charge in [0.15, 0.2) is 0 Å². The van der Waals surface area contributed by atoms with Crippen molar-refractivity contribution >= 4 is 47.4 Å². The highest BCUT2D eigenvalue weighted by molar-refractivity contribution is 5.96. The SMILES string of the molecule is CC(C)C[C@H](NC(=O)[C@@H](N)CO)C(=O)N[C@H](C(=O)N[C@@H](C)C(=O)N[C@@H](CCC(=O)O)C(=O)N[C@@H](CCC(N)=O)C(=O)O)C(C)C. The van der Waals surface area contributed by atoms with Crippen molar-refractivity contribution in [1.82, 2.24) is 26.6 Å². The Bertz CT molecular complexity index is 1080. The second kappa shape index (κ2) is 19.9. The molecule has 0 bridgehead atoms. The van der Waals surface area contributed by atoms with Gasteiger partial charge in [0.1, 0.15) is 36.3 Å². The number of aliphatic carboxylic acids is 2. The zero-order valence-electron chi connectivity index (χ0n) is 26.1. The van der Waals surface area contributed by atoms with Crippen LogP contribution in [0.2, 0.25) is 0 Å². The second-order valence-corrected chi connectivity index (χ2v) is 11.3. The number of hydrogen-bond acceptors (Lipinski definition) is 10. The van der Waals surface area contributed by atoms with Gasteiger partial charge in [0.2, 0.25) is 35.4 Å². The molecule has 0 rings (SSSR count). The van der Waals surface area contributed by atoms with Crippen molar-refractivity contribution in [2.24, 2.45) is 23.3 Å². The number of carbonyl (C=O) groups is 8. The highest BCUT2D eigenvalue weighted by Gasteiger charge is 2.33. The lowest BCUT2D eigenvalue weighted by Gasteiger charge is -2.28. The van der Waals surface area contributed by atoms with Gasteiger partial charge >= 0.3 is 11.9 Å². The van der Waals surface area contributed by atoms with Crippen molar-refractivity contribution in [2.75, 3.05) is 6.61 Å². The molecular weight excluding hydrogens is 598 g/mol. The van der Waals surface area contributed by atoms with Crippen molar-refractivity contribution in [2.45, 2.75) is 103 Å². The van der Waals surface area contributed by atoms with Gasteiger partial charge in [0.25, 0.3) is 0 Å². The average Bonchev–Trinajstić information content (AvgIpc) is 2.93. The lowest BCUT2D eigenvalue weighted by Crippen LogP contribution is -2.60. The molecule has 6 amide bonds. The fourth-order valence-corrected chi connectivity index (χ4v) is 3.87. The molecule has 0 aliphatic carbocycles. The van der Waals surface area contributed by atoms with Crippen LogP contribution in [-0.4, -0.2) is 106 Å². The first-order chi connectivity index (χ1) is 20.8. The summed E-state index contributed by atoms with van der Waals surface area (Å²) in [4.78, 5) is 97.8. The van der Waals surface area contributed by atoms with Crippen molar-refractivity contribution in [3.8, 4) is 0 Å². The molecule has 0 saturated carbocycles. The summed E-state index contributed by atoms with van der Waals surface area (Å²) >= 11 is 0. The largest absolute Gasteiger partial charge is 0.481 e. The summed E-state index contributed by atoms with van der Waals surface area (Å²) in [5.74, 6) is -8.36. The first-order valence-corrected chi connectivity index (χ1v) is 14.4. The molecule has 0 aromatic heterocycles. The Labute approximate surface area is 260 Å². The maximum Gasteiger partial charge on any atom is 0.326 e. The second-order valence-electron chi connectivity index (χ2n) is 11.3. The van der Waals surface area contributed by atoms with Crippen LogP contribution in [0.4, 0.5) is 0 Å². The van der Waals surface area contributed by atoms with Crippen molar-refractivity contribution in [3.05, 3.63) is 0 Å². The number of carbonyl (C=O) groups excluding carboxylic acids is 6. The summed E-state index contributed by atoms with van der Waals surface area (Å²) in [6.07, 6.45) is -1.52. The summed E-state index contributed by atoms with van der Waals surface area (Å²) in [5.41, 5.74) is 10.6. The molecule has 6 atom stereocenters. The summed E-state index contributed by atoms with van der Waals surface area (Å²) in [6, 6.07) is -7.91. The Morgan fingerprint density at radius 1 is 0.644 bits per heavy atom. The first kappa shape index (κ1) is 40.7. The smallest absolute Gasteiger partial charge is 0.326 e. The summed E-state index contributed by atoms with van der Waals surface area (Å²) < 4.78 is 0. The standard InChI is InChI=1S/C27H47N7O11/c1-12(2)10-18(33-23(40)15(28)11-35)25(42)34-21(13(3)4)26(43)30-14(5)22(39)31-16(7-9-20(37)38)24(41)32-17(27(44)45)6-8-19(29)36/h12-18,21,35H,6-11,28H2,1-5H3,(H2,29,36)(H,30,43)(H,31,39)(H,32,41)(H,33,40)(H,34,42)(H,37,38)(H,44,45)/t14-,15-,16-,17-,18-,21-/m0/s1. The van der Waals surface area contributed by atoms with E-state index in [9.17, 15) is 43.5 Å². The molecule has 0 aromatic rings. The number of amides is 6. The number of carboxylic acid groups (broad SMARTS) is 2. The van der Waals surface area contributed by atoms with Gasteiger partial charge < -0.3 is 53.4 Å². The number of aliphatic hydroxyl groups excluding tert-OH is 1. The van der Waals surface area contributed by atoms with Gasteiger partial charge in [0.05, 0.1) is 6.61 Å². The van der Waals surface area contributed by atoms with E-state index in [1.807, 2.05) is 0 Å². The molecule has 18 nitrogen and oxygen atoms in total. The Morgan fingerprint density at radius 3 is 1.62 bits per heavy atom. The van der Waals surface area contributed by atoms with Crippen molar-refractivity contribution < 1.29 is 53.7 Å². The molecule has 0 saturated heterocycles. The lowest BCUT2D eigenvalue weighted by atomic mass is 9.99. The van der Waals surface area contributed by atoms with E-state index in [-0.39, 0.29) is 25.2 Å². The highest BCUT2D eigenvalue weighted by atomic mass is 16.4. The van der Waals surface area contributed by atoms with Gasteiger partial charge in [-0.15, -0.1) is 0 Å². The predicted octanol–water partition coefficient (Wildman–Crippen LogP) is -3.33. The lowest BCUT2D eigenvalue weighted by molar-refractivity contribution is -0.143. The van der Waals surface area contributed by atoms with Crippen LogP contribution in [0.1, 0.15) is 66.7 Å². The van der Waals surface area contributed by atoms with Gasteiger partial charge in [0, 0.05) is 12.8 Å². The molecule has 0 aliphatic heterocycles. The number of primary amides is 1. The number of nitrogens with two attached hydrogens (primary N) is 2. The fourth-order valence-electron chi connectivity index (χ4n) is 3.87. The van der Waals surface area contributed by atoms with Gasteiger partial charge in [-0.05, 0) is 38.0 Å². The summed E-state index contributed by atoms with van der Waals surface area (Å²) in [7, 11) is 0. The molecule has 18 heteroatoms. The zero-order valence-corrected chi connectivity index (χ0v) is 26.1. The van der Waals surface area contributed by atoms with Gasteiger partial charge in [-0.1, -0.05) is 27.7 Å². The third-order valence-electron chi connectivity index (χ3n) is 6.45. The van der Waals surface area contributed by atoms with Crippen LogP contribution < -0.4 is 38.1 Å². The van der Waals surface area contributed by atoms with E-state index in [0.717, 1.165) is 0 Å². The Morgan fingerprint density at radius 2 is 1.16 bits per heavy atom. The van der Waals surface area contributed by atoms with Gasteiger partial charge in [-0.3, -0.25) is 33.6 Å². The Hall–Kier alpha value is -4.32. The molecule has 0 fully saturated rings. The number of hydrogen-bond donors (Lipinski definition) is 10. The molecule has 0 heterocycles. The zero-order chi connectivity index (χ0) is 35.0. The molecule has 45 heavy (non-hydrogen) atoms. The van der Waals surface area contributed by atoms with Crippen LogP contribution in [0.5, 0.6) is 0 Å². The molecule has 0 aromatic carbocycles. The van der Waals surface area contributed by atoms with E-state index in [0.29, 0.717) is 0 Å². The van der Waals surface area contributed by atoms with Crippen LogP contribution in [0.25, 0.3) is 0 Å². The molecule has 0 radical (unpaired) electrons. The maximum atomic E-state index is 13.1.